The SMILES string of the molecule is O=C(Nc1ccccc1C(=O)N1CCOCC1)c1cc(F)c(Cl)cc1Cl. The normalized spacial score (nSPS) is 14.2. The lowest BCUT2D eigenvalue weighted by Gasteiger charge is -2.27. The van der Waals surface area contributed by atoms with Crippen molar-refractivity contribution < 1.29 is 18.7 Å². The Hall–Kier alpha value is -2.15. The average molecular weight is 397 g/mol. The van der Waals surface area contributed by atoms with Crippen molar-refractivity contribution in [2.24, 2.45) is 0 Å². The van der Waals surface area contributed by atoms with E-state index >= 15 is 0 Å². The number of hydrogen-bond acceptors (Lipinski definition) is 3. The van der Waals surface area contributed by atoms with Crippen LogP contribution in [-0.4, -0.2) is 43.0 Å². The van der Waals surface area contributed by atoms with Crippen molar-refractivity contribution in [1.82, 2.24) is 4.90 Å². The van der Waals surface area contributed by atoms with Gasteiger partial charge in [-0.25, -0.2) is 4.39 Å². The topological polar surface area (TPSA) is 58.6 Å². The van der Waals surface area contributed by atoms with Crippen molar-refractivity contribution in [3.8, 4) is 0 Å². The number of hydrogen-bond donors (Lipinski definition) is 1. The third-order valence-corrected chi connectivity index (χ3v) is 4.56. The van der Waals surface area contributed by atoms with Gasteiger partial charge in [0.25, 0.3) is 11.8 Å². The molecule has 3 rings (SSSR count). The maximum Gasteiger partial charge on any atom is 0.257 e. The molecule has 0 saturated carbocycles. The van der Waals surface area contributed by atoms with E-state index in [0.717, 1.165) is 12.1 Å². The summed E-state index contributed by atoms with van der Waals surface area (Å²) in [6.07, 6.45) is 0. The minimum atomic E-state index is -0.751. The molecule has 0 atom stereocenters. The maximum absolute atomic E-state index is 13.7. The van der Waals surface area contributed by atoms with Gasteiger partial charge in [0.2, 0.25) is 0 Å². The molecule has 1 heterocycles. The zero-order valence-corrected chi connectivity index (χ0v) is 15.1. The molecule has 0 aliphatic carbocycles. The highest BCUT2D eigenvalue weighted by molar-refractivity contribution is 6.37. The van der Waals surface area contributed by atoms with E-state index in [1.54, 1.807) is 29.2 Å². The van der Waals surface area contributed by atoms with Gasteiger partial charge in [0.15, 0.2) is 0 Å². The third-order valence-electron chi connectivity index (χ3n) is 3.96. The number of anilines is 1. The van der Waals surface area contributed by atoms with Gasteiger partial charge in [-0.3, -0.25) is 9.59 Å². The Kier molecular flexibility index (Phi) is 5.76. The molecular formula is C18H15Cl2FN2O3. The van der Waals surface area contributed by atoms with Gasteiger partial charge in [0, 0.05) is 13.1 Å². The smallest absolute Gasteiger partial charge is 0.257 e. The van der Waals surface area contributed by atoms with E-state index in [9.17, 15) is 14.0 Å². The molecule has 26 heavy (non-hydrogen) atoms. The zero-order chi connectivity index (χ0) is 18.7. The summed E-state index contributed by atoms with van der Waals surface area (Å²) < 4.78 is 18.9. The maximum atomic E-state index is 13.7. The number of nitrogens with one attached hydrogen (secondary N) is 1. The van der Waals surface area contributed by atoms with Crippen LogP contribution >= 0.6 is 23.2 Å². The number of carbonyl (C=O) groups excluding carboxylic acids is 2. The molecule has 2 aromatic rings. The fraction of sp³-hybridized carbons (Fsp3) is 0.222. The number of rotatable bonds is 3. The lowest BCUT2D eigenvalue weighted by atomic mass is 10.1. The van der Waals surface area contributed by atoms with Crippen LogP contribution in [0.1, 0.15) is 20.7 Å². The molecule has 1 aliphatic heterocycles. The van der Waals surface area contributed by atoms with Crippen LogP contribution in [0.15, 0.2) is 36.4 Å². The summed E-state index contributed by atoms with van der Waals surface area (Å²) in [5.41, 5.74) is 0.593. The monoisotopic (exact) mass is 396 g/mol. The first kappa shape index (κ1) is 18.6. The summed E-state index contributed by atoms with van der Waals surface area (Å²) in [4.78, 5) is 26.9. The number of benzene rings is 2. The highest BCUT2D eigenvalue weighted by Crippen LogP contribution is 2.26. The van der Waals surface area contributed by atoms with Crippen molar-refractivity contribution in [2.75, 3.05) is 31.6 Å². The molecule has 0 bridgehead atoms. The summed E-state index contributed by atoms with van der Waals surface area (Å²) in [5, 5.41) is 2.47. The second-order valence-corrected chi connectivity index (χ2v) is 6.46. The van der Waals surface area contributed by atoms with Crippen LogP contribution in [0.3, 0.4) is 0 Å². The summed E-state index contributed by atoms with van der Waals surface area (Å²) >= 11 is 11.6. The van der Waals surface area contributed by atoms with Gasteiger partial charge >= 0.3 is 0 Å². The van der Waals surface area contributed by atoms with Crippen molar-refractivity contribution in [3.05, 3.63) is 63.4 Å². The first-order valence-corrected chi connectivity index (χ1v) is 8.65. The van der Waals surface area contributed by atoms with E-state index < -0.39 is 11.7 Å². The fourth-order valence-electron chi connectivity index (χ4n) is 2.60. The van der Waals surface area contributed by atoms with Crippen LogP contribution in [-0.2, 0) is 4.74 Å². The Balaban J connectivity index is 1.85. The number of morpholine rings is 1. The zero-order valence-electron chi connectivity index (χ0n) is 13.6. The number of amides is 2. The first-order chi connectivity index (χ1) is 12.5. The van der Waals surface area contributed by atoms with Crippen molar-refractivity contribution in [2.45, 2.75) is 0 Å². The molecule has 0 spiro atoms. The highest BCUT2D eigenvalue weighted by atomic mass is 35.5. The summed E-state index contributed by atoms with van der Waals surface area (Å²) in [6.45, 7) is 1.91. The second-order valence-electron chi connectivity index (χ2n) is 5.65. The van der Waals surface area contributed by atoms with Gasteiger partial charge in [0.05, 0.1) is 40.1 Å². The van der Waals surface area contributed by atoms with Gasteiger partial charge < -0.3 is 15.0 Å². The predicted molar refractivity (Wildman–Crippen MR) is 97.5 cm³/mol. The van der Waals surface area contributed by atoms with E-state index in [2.05, 4.69) is 5.32 Å². The van der Waals surface area contributed by atoms with Gasteiger partial charge in [0.1, 0.15) is 5.82 Å². The number of ether oxygens (including phenoxy) is 1. The molecule has 0 radical (unpaired) electrons. The molecule has 1 saturated heterocycles. The van der Waals surface area contributed by atoms with E-state index in [1.807, 2.05) is 0 Å². The Bertz CT molecular complexity index is 854. The van der Waals surface area contributed by atoms with Crippen LogP contribution in [0, 0.1) is 5.82 Å². The molecule has 2 aromatic carbocycles. The van der Waals surface area contributed by atoms with E-state index in [4.69, 9.17) is 27.9 Å². The molecule has 0 aromatic heterocycles. The van der Waals surface area contributed by atoms with Crippen molar-refractivity contribution >= 4 is 40.7 Å². The lowest BCUT2D eigenvalue weighted by Crippen LogP contribution is -2.41. The summed E-state index contributed by atoms with van der Waals surface area (Å²) in [7, 11) is 0. The third kappa shape index (κ3) is 3.98. The molecule has 1 N–H and O–H groups in total. The molecule has 1 aliphatic rings. The molecular weight excluding hydrogens is 382 g/mol. The Morgan fingerprint density at radius 2 is 1.73 bits per heavy atom. The van der Waals surface area contributed by atoms with Crippen molar-refractivity contribution in [3.63, 3.8) is 0 Å². The van der Waals surface area contributed by atoms with Gasteiger partial charge in [-0.1, -0.05) is 35.3 Å². The van der Waals surface area contributed by atoms with Crippen LogP contribution < -0.4 is 5.32 Å². The quantitative estimate of drug-likeness (QED) is 0.801. The molecule has 8 heteroatoms. The molecule has 136 valence electrons. The largest absolute Gasteiger partial charge is 0.378 e. The predicted octanol–water partition coefficient (Wildman–Crippen LogP) is 3.86. The first-order valence-electron chi connectivity index (χ1n) is 7.89. The second kappa shape index (κ2) is 8.03. The Morgan fingerprint density at radius 1 is 1.04 bits per heavy atom. The molecule has 2 amide bonds. The van der Waals surface area contributed by atoms with E-state index in [-0.39, 0.29) is 21.5 Å². The van der Waals surface area contributed by atoms with Crippen LogP contribution in [0.25, 0.3) is 0 Å². The summed E-state index contributed by atoms with van der Waals surface area (Å²) in [5.74, 6) is -1.59. The number of para-hydroxylation sites is 1. The van der Waals surface area contributed by atoms with E-state index in [1.165, 1.54) is 0 Å². The highest BCUT2D eigenvalue weighted by Gasteiger charge is 2.22. The number of carbonyl (C=O) groups is 2. The van der Waals surface area contributed by atoms with Crippen LogP contribution in [0.2, 0.25) is 10.0 Å². The average Bonchev–Trinajstić information content (AvgIpc) is 2.65. The Morgan fingerprint density at radius 3 is 2.46 bits per heavy atom. The van der Waals surface area contributed by atoms with Crippen LogP contribution in [0.5, 0.6) is 0 Å². The molecule has 1 fully saturated rings. The van der Waals surface area contributed by atoms with Crippen molar-refractivity contribution in [1.29, 1.82) is 0 Å². The standard InChI is InChI=1S/C18H15Cl2FN2O3/c19-13-10-14(20)15(21)9-12(13)17(24)22-16-4-2-1-3-11(16)18(25)23-5-7-26-8-6-23/h1-4,9-10H,5-8H2,(H,22,24). The Labute approximate surface area is 159 Å². The lowest BCUT2D eigenvalue weighted by molar-refractivity contribution is 0.0303. The van der Waals surface area contributed by atoms with Gasteiger partial charge in [-0.2, -0.15) is 0 Å². The van der Waals surface area contributed by atoms with Gasteiger partial charge in [-0.05, 0) is 24.3 Å². The number of nitrogens with zero attached hydrogens (tertiary/aromatic N) is 1. The minimum Gasteiger partial charge on any atom is -0.378 e. The summed E-state index contributed by atoms with van der Waals surface area (Å²) in [6, 6.07) is 8.75. The molecule has 5 nitrogen and oxygen atoms in total. The number of halogens is 3. The van der Waals surface area contributed by atoms with Gasteiger partial charge in [-0.15, -0.1) is 0 Å². The fourth-order valence-corrected chi connectivity index (χ4v) is 3.07. The van der Waals surface area contributed by atoms with Crippen LogP contribution in [0.4, 0.5) is 10.1 Å². The minimum absolute atomic E-state index is 0.0193. The van der Waals surface area contributed by atoms with E-state index in [0.29, 0.717) is 37.6 Å². The molecule has 0 unspecified atom stereocenters.